The molecule has 0 aliphatic carbocycles. The molecule has 3 aliphatic heterocycles. The third-order valence-electron chi connectivity index (χ3n) is 7.63. The molecule has 3 aromatic rings. The van der Waals surface area contributed by atoms with Crippen LogP contribution < -0.4 is 9.64 Å². The fourth-order valence-corrected chi connectivity index (χ4v) is 5.55. The molecule has 0 saturated carbocycles. The SMILES string of the molecule is COc1nc(N2CCC(O)C2)cc(-n2ncc3cc(C)c(C4CCN(C5COC5)CC4)cc32)n1. The zero-order chi connectivity index (χ0) is 23.2. The Morgan fingerprint density at radius 2 is 1.82 bits per heavy atom. The van der Waals surface area contributed by atoms with Crippen LogP contribution in [-0.4, -0.2) is 88.4 Å². The largest absolute Gasteiger partial charge is 0.467 e. The molecule has 0 amide bonds. The molecule has 34 heavy (non-hydrogen) atoms. The van der Waals surface area contributed by atoms with Gasteiger partial charge in [0, 0.05) is 24.5 Å². The van der Waals surface area contributed by atoms with E-state index in [1.165, 1.54) is 24.0 Å². The Balaban J connectivity index is 1.33. The summed E-state index contributed by atoms with van der Waals surface area (Å²) in [6, 6.07) is 7.40. The van der Waals surface area contributed by atoms with Crippen molar-refractivity contribution in [1.82, 2.24) is 24.6 Å². The zero-order valence-corrected chi connectivity index (χ0v) is 19.9. The number of nitrogens with zero attached hydrogens (tertiary/aromatic N) is 6. The van der Waals surface area contributed by atoms with Gasteiger partial charge in [-0.25, -0.2) is 4.68 Å². The minimum absolute atomic E-state index is 0.303. The van der Waals surface area contributed by atoms with E-state index in [4.69, 9.17) is 9.47 Å². The normalized spacial score (nSPS) is 22.4. The van der Waals surface area contributed by atoms with Crippen LogP contribution in [-0.2, 0) is 4.74 Å². The Morgan fingerprint density at radius 3 is 2.50 bits per heavy atom. The van der Waals surface area contributed by atoms with E-state index in [0.29, 0.717) is 30.3 Å². The highest BCUT2D eigenvalue weighted by atomic mass is 16.5. The Labute approximate surface area is 199 Å². The summed E-state index contributed by atoms with van der Waals surface area (Å²) in [6.45, 7) is 7.56. The van der Waals surface area contributed by atoms with Gasteiger partial charge in [-0.15, -0.1) is 0 Å². The van der Waals surface area contributed by atoms with Crippen LogP contribution in [0, 0.1) is 6.92 Å². The van der Waals surface area contributed by atoms with Gasteiger partial charge in [-0.3, -0.25) is 4.90 Å². The number of piperidine rings is 1. The van der Waals surface area contributed by atoms with Gasteiger partial charge in [-0.2, -0.15) is 15.1 Å². The number of hydrogen-bond acceptors (Lipinski definition) is 8. The van der Waals surface area contributed by atoms with E-state index in [-0.39, 0.29) is 6.10 Å². The summed E-state index contributed by atoms with van der Waals surface area (Å²) in [5.41, 5.74) is 3.77. The number of likely N-dealkylation sites (tertiary alicyclic amines) is 1. The Kier molecular flexibility index (Phi) is 5.63. The van der Waals surface area contributed by atoms with Crippen molar-refractivity contribution in [2.75, 3.05) is 51.4 Å². The molecule has 0 spiro atoms. The van der Waals surface area contributed by atoms with Gasteiger partial charge in [0.1, 0.15) is 5.82 Å². The van der Waals surface area contributed by atoms with E-state index in [0.717, 1.165) is 56.0 Å². The molecule has 9 nitrogen and oxygen atoms in total. The van der Waals surface area contributed by atoms with Crippen molar-refractivity contribution < 1.29 is 14.6 Å². The average molecular weight is 465 g/mol. The van der Waals surface area contributed by atoms with Crippen LogP contribution in [0.4, 0.5) is 5.82 Å². The Morgan fingerprint density at radius 1 is 1.03 bits per heavy atom. The number of hydrogen-bond donors (Lipinski definition) is 1. The van der Waals surface area contributed by atoms with Crippen LogP contribution >= 0.6 is 0 Å². The van der Waals surface area contributed by atoms with Gasteiger partial charge in [-0.05, 0) is 68.5 Å². The lowest BCUT2D eigenvalue weighted by molar-refractivity contribution is -0.0712. The van der Waals surface area contributed by atoms with Crippen LogP contribution in [0.15, 0.2) is 24.4 Å². The Bertz CT molecular complexity index is 1180. The quantitative estimate of drug-likeness (QED) is 0.615. The van der Waals surface area contributed by atoms with E-state index in [9.17, 15) is 5.11 Å². The smallest absolute Gasteiger partial charge is 0.320 e. The van der Waals surface area contributed by atoms with Gasteiger partial charge in [0.25, 0.3) is 0 Å². The number of fused-ring (bicyclic) bond motifs is 1. The summed E-state index contributed by atoms with van der Waals surface area (Å²) in [6.07, 6.45) is 4.64. The number of β-amino-alcohol motifs (C(OH)–C–C–N with tert-alkyl or cyclic N) is 1. The second-order valence-corrected chi connectivity index (χ2v) is 9.79. The molecule has 3 fully saturated rings. The molecule has 1 atom stereocenters. The number of methoxy groups -OCH3 is 1. The topological polar surface area (TPSA) is 88.8 Å². The van der Waals surface area contributed by atoms with E-state index in [1.54, 1.807) is 7.11 Å². The minimum atomic E-state index is -0.330. The standard InChI is InChI=1S/C25H32N6O3/c1-16-9-18-12-26-31(24-11-23(27-25(28-24)33-2)30-8-5-20(32)13-30)22(18)10-21(16)17-3-6-29(7-4-17)19-14-34-15-19/h9-12,17,19-20,32H,3-8,13-15H2,1-2H3. The maximum Gasteiger partial charge on any atom is 0.320 e. The average Bonchev–Trinajstić information content (AvgIpc) is 3.43. The summed E-state index contributed by atoms with van der Waals surface area (Å²) in [5, 5.41) is 15.8. The van der Waals surface area contributed by atoms with Gasteiger partial charge in [-0.1, -0.05) is 0 Å². The van der Waals surface area contributed by atoms with Gasteiger partial charge in [0.2, 0.25) is 0 Å². The number of rotatable bonds is 5. The summed E-state index contributed by atoms with van der Waals surface area (Å²) in [5.74, 6) is 1.97. The van der Waals surface area contributed by atoms with E-state index in [1.807, 2.05) is 16.9 Å². The monoisotopic (exact) mass is 464 g/mol. The molecule has 3 aliphatic rings. The summed E-state index contributed by atoms with van der Waals surface area (Å²) < 4.78 is 12.7. The summed E-state index contributed by atoms with van der Waals surface area (Å²) in [7, 11) is 1.58. The molecule has 6 rings (SSSR count). The highest BCUT2D eigenvalue weighted by molar-refractivity contribution is 5.82. The summed E-state index contributed by atoms with van der Waals surface area (Å²) in [4.78, 5) is 13.8. The van der Waals surface area contributed by atoms with E-state index in [2.05, 4.69) is 43.9 Å². The predicted octanol–water partition coefficient (Wildman–Crippen LogP) is 2.28. The van der Waals surface area contributed by atoms with Crippen molar-refractivity contribution in [3.63, 3.8) is 0 Å². The molecule has 3 saturated heterocycles. The van der Waals surface area contributed by atoms with Crippen LogP contribution in [0.2, 0.25) is 0 Å². The fourth-order valence-electron chi connectivity index (χ4n) is 5.55. The third-order valence-corrected chi connectivity index (χ3v) is 7.63. The molecule has 1 aromatic carbocycles. The lowest BCUT2D eigenvalue weighted by atomic mass is 9.85. The maximum absolute atomic E-state index is 9.98. The second-order valence-electron chi connectivity index (χ2n) is 9.79. The molecule has 2 aromatic heterocycles. The van der Waals surface area contributed by atoms with Crippen molar-refractivity contribution in [3.05, 3.63) is 35.5 Å². The highest BCUT2D eigenvalue weighted by Gasteiger charge is 2.31. The van der Waals surface area contributed by atoms with E-state index >= 15 is 0 Å². The molecule has 9 heteroatoms. The van der Waals surface area contributed by atoms with Gasteiger partial charge < -0.3 is 19.5 Å². The van der Waals surface area contributed by atoms with Crippen molar-refractivity contribution in [2.24, 2.45) is 0 Å². The molecule has 0 radical (unpaired) electrons. The van der Waals surface area contributed by atoms with Crippen LogP contribution in [0.25, 0.3) is 16.7 Å². The number of anilines is 1. The van der Waals surface area contributed by atoms with Crippen LogP contribution in [0.3, 0.4) is 0 Å². The zero-order valence-electron chi connectivity index (χ0n) is 19.9. The number of aliphatic hydroxyl groups is 1. The number of aliphatic hydroxyl groups excluding tert-OH is 1. The lowest BCUT2D eigenvalue weighted by Gasteiger charge is -2.41. The second kappa shape index (κ2) is 8.79. The van der Waals surface area contributed by atoms with Crippen LogP contribution in [0.1, 0.15) is 36.3 Å². The molecule has 0 bridgehead atoms. The highest BCUT2D eigenvalue weighted by Crippen LogP contribution is 2.35. The fraction of sp³-hybridized carbons (Fsp3) is 0.560. The van der Waals surface area contributed by atoms with Gasteiger partial charge in [0.05, 0.1) is 44.2 Å². The lowest BCUT2D eigenvalue weighted by Crippen LogP contribution is -2.51. The number of aromatic nitrogens is 4. The predicted molar refractivity (Wildman–Crippen MR) is 129 cm³/mol. The first-order valence-corrected chi connectivity index (χ1v) is 12.3. The first-order chi connectivity index (χ1) is 16.6. The first kappa shape index (κ1) is 21.8. The van der Waals surface area contributed by atoms with Crippen molar-refractivity contribution >= 4 is 16.7 Å². The molecule has 5 heterocycles. The maximum atomic E-state index is 9.98. The van der Waals surface area contributed by atoms with Gasteiger partial charge in [0.15, 0.2) is 5.82 Å². The van der Waals surface area contributed by atoms with Gasteiger partial charge >= 0.3 is 6.01 Å². The third kappa shape index (κ3) is 3.91. The summed E-state index contributed by atoms with van der Waals surface area (Å²) >= 11 is 0. The number of benzene rings is 1. The Hall–Kier alpha value is -2.75. The number of aryl methyl sites for hydroxylation is 1. The molecule has 1 N–H and O–H groups in total. The first-order valence-electron chi connectivity index (χ1n) is 12.3. The van der Waals surface area contributed by atoms with Crippen molar-refractivity contribution in [2.45, 2.75) is 44.2 Å². The molecular formula is C25H32N6O3. The number of ether oxygens (including phenoxy) is 2. The van der Waals surface area contributed by atoms with Crippen LogP contribution in [0.5, 0.6) is 6.01 Å². The molecule has 180 valence electrons. The molecular weight excluding hydrogens is 432 g/mol. The van der Waals surface area contributed by atoms with Crippen molar-refractivity contribution in [1.29, 1.82) is 0 Å². The molecule has 1 unspecified atom stereocenters. The van der Waals surface area contributed by atoms with Crippen molar-refractivity contribution in [3.8, 4) is 11.8 Å². The van der Waals surface area contributed by atoms with E-state index < -0.39 is 0 Å². The minimum Gasteiger partial charge on any atom is -0.467 e.